The van der Waals surface area contributed by atoms with Crippen molar-refractivity contribution >= 4 is 11.6 Å². The van der Waals surface area contributed by atoms with E-state index in [-0.39, 0.29) is 0 Å². The lowest BCUT2D eigenvalue weighted by Gasteiger charge is -2.21. The third-order valence-corrected chi connectivity index (χ3v) is 5.90. The van der Waals surface area contributed by atoms with E-state index < -0.39 is 0 Å². The maximum Gasteiger partial charge on any atom is 0.0412 e. The molecule has 0 saturated heterocycles. The van der Waals surface area contributed by atoms with Crippen LogP contribution in [-0.2, 0) is 6.42 Å². The van der Waals surface area contributed by atoms with Crippen LogP contribution in [-0.4, -0.2) is 0 Å². The van der Waals surface area contributed by atoms with Crippen LogP contribution in [0.25, 0.3) is 22.3 Å². The van der Waals surface area contributed by atoms with Crippen LogP contribution in [0.3, 0.4) is 0 Å². The Morgan fingerprint density at radius 3 is 2.17 bits per heavy atom. The SMILES string of the molecule is CCc1cccc(-c2cccc(Cl)c2)c1-c1ccccc1C(C)c1ccccc1. The molecule has 144 valence electrons. The van der Waals surface area contributed by atoms with E-state index in [9.17, 15) is 0 Å². The highest BCUT2D eigenvalue weighted by Gasteiger charge is 2.18. The summed E-state index contributed by atoms with van der Waals surface area (Å²) >= 11 is 6.33. The molecule has 0 aliphatic carbocycles. The fourth-order valence-corrected chi connectivity index (χ4v) is 4.32. The molecule has 0 N–H and O–H groups in total. The zero-order chi connectivity index (χ0) is 20.2. The quantitative estimate of drug-likeness (QED) is 0.317. The van der Waals surface area contributed by atoms with Gasteiger partial charge in [-0.25, -0.2) is 0 Å². The van der Waals surface area contributed by atoms with E-state index in [2.05, 4.69) is 98.8 Å². The molecule has 1 unspecified atom stereocenters. The van der Waals surface area contributed by atoms with E-state index in [1.807, 2.05) is 12.1 Å². The molecule has 1 heteroatoms. The van der Waals surface area contributed by atoms with Crippen LogP contribution < -0.4 is 0 Å². The summed E-state index contributed by atoms with van der Waals surface area (Å²) in [5.74, 6) is 0.310. The van der Waals surface area contributed by atoms with Gasteiger partial charge >= 0.3 is 0 Å². The van der Waals surface area contributed by atoms with E-state index in [4.69, 9.17) is 11.6 Å². The molecule has 4 aromatic rings. The van der Waals surface area contributed by atoms with Crippen molar-refractivity contribution in [3.05, 3.63) is 119 Å². The summed E-state index contributed by atoms with van der Waals surface area (Å²) in [6.45, 7) is 4.52. The standard InChI is InChI=1S/C28H25Cl/c1-3-21-13-10-18-26(23-14-9-15-24(29)19-23)28(21)27-17-8-7-16-25(27)20(2)22-11-5-4-6-12-22/h4-20H,3H2,1-2H3. The number of halogens is 1. The zero-order valence-corrected chi connectivity index (χ0v) is 17.7. The Morgan fingerprint density at radius 2 is 1.41 bits per heavy atom. The Morgan fingerprint density at radius 1 is 0.724 bits per heavy atom. The fraction of sp³-hybridized carbons (Fsp3) is 0.143. The second kappa shape index (κ2) is 8.68. The fourth-order valence-electron chi connectivity index (χ4n) is 4.13. The maximum atomic E-state index is 6.33. The van der Waals surface area contributed by atoms with Gasteiger partial charge in [-0.2, -0.15) is 0 Å². The number of rotatable bonds is 5. The Hall–Kier alpha value is -2.83. The zero-order valence-electron chi connectivity index (χ0n) is 16.9. The van der Waals surface area contributed by atoms with Crippen molar-refractivity contribution in [3.8, 4) is 22.3 Å². The van der Waals surface area contributed by atoms with Crippen molar-refractivity contribution in [2.45, 2.75) is 26.2 Å². The highest BCUT2D eigenvalue weighted by atomic mass is 35.5. The predicted molar refractivity (Wildman–Crippen MR) is 126 cm³/mol. The van der Waals surface area contributed by atoms with Gasteiger partial charge in [0.2, 0.25) is 0 Å². The molecule has 4 rings (SSSR count). The van der Waals surface area contributed by atoms with Gasteiger partial charge in [-0.3, -0.25) is 0 Å². The van der Waals surface area contributed by atoms with Gasteiger partial charge in [-0.15, -0.1) is 0 Å². The van der Waals surface area contributed by atoms with E-state index in [1.165, 1.54) is 33.4 Å². The van der Waals surface area contributed by atoms with Gasteiger partial charge in [0.25, 0.3) is 0 Å². The monoisotopic (exact) mass is 396 g/mol. The molecule has 0 bridgehead atoms. The van der Waals surface area contributed by atoms with Gasteiger partial charge < -0.3 is 0 Å². The topological polar surface area (TPSA) is 0 Å². The Kier molecular flexibility index (Phi) is 5.83. The third-order valence-electron chi connectivity index (χ3n) is 5.66. The molecular weight excluding hydrogens is 372 g/mol. The Balaban J connectivity index is 1.94. The second-order valence-corrected chi connectivity index (χ2v) is 7.86. The van der Waals surface area contributed by atoms with E-state index in [0.29, 0.717) is 5.92 Å². The van der Waals surface area contributed by atoms with Crippen molar-refractivity contribution in [2.75, 3.05) is 0 Å². The lowest BCUT2D eigenvalue weighted by atomic mass is 9.82. The van der Waals surface area contributed by atoms with Crippen molar-refractivity contribution in [1.82, 2.24) is 0 Å². The van der Waals surface area contributed by atoms with E-state index in [1.54, 1.807) is 0 Å². The van der Waals surface area contributed by atoms with Crippen molar-refractivity contribution in [1.29, 1.82) is 0 Å². The maximum absolute atomic E-state index is 6.33. The molecule has 0 aliphatic heterocycles. The second-order valence-electron chi connectivity index (χ2n) is 7.42. The summed E-state index contributed by atoms with van der Waals surface area (Å²) < 4.78 is 0. The normalized spacial score (nSPS) is 12.0. The molecule has 0 amide bonds. The summed E-state index contributed by atoms with van der Waals surface area (Å²) in [5.41, 5.74) is 9.05. The van der Waals surface area contributed by atoms with Crippen LogP contribution in [0.5, 0.6) is 0 Å². The molecule has 0 heterocycles. The lowest BCUT2D eigenvalue weighted by molar-refractivity contribution is 0.924. The third kappa shape index (κ3) is 3.99. The first-order chi connectivity index (χ1) is 14.2. The van der Waals surface area contributed by atoms with E-state index >= 15 is 0 Å². The first kappa shape index (κ1) is 19.5. The van der Waals surface area contributed by atoms with Crippen LogP contribution >= 0.6 is 11.6 Å². The summed E-state index contributed by atoms with van der Waals surface area (Å²) in [6.07, 6.45) is 0.984. The lowest BCUT2D eigenvalue weighted by Crippen LogP contribution is -2.01. The summed E-state index contributed by atoms with van der Waals surface area (Å²) in [5, 5.41) is 0.765. The molecule has 29 heavy (non-hydrogen) atoms. The number of aryl methyl sites for hydroxylation is 1. The Bertz CT molecular complexity index is 1110. The van der Waals surface area contributed by atoms with Gasteiger partial charge in [0.1, 0.15) is 0 Å². The highest BCUT2D eigenvalue weighted by molar-refractivity contribution is 6.30. The molecular formula is C28H25Cl. The summed E-state index contributed by atoms with van der Waals surface area (Å²) in [6, 6.07) is 34.3. The van der Waals surface area contributed by atoms with Gasteiger partial charge in [-0.05, 0) is 57.5 Å². The molecule has 0 fully saturated rings. The number of hydrogen-bond donors (Lipinski definition) is 0. The molecule has 0 aliphatic rings. The average molecular weight is 397 g/mol. The van der Waals surface area contributed by atoms with Crippen molar-refractivity contribution in [3.63, 3.8) is 0 Å². The molecule has 0 nitrogen and oxygen atoms in total. The largest absolute Gasteiger partial charge is 0.0843 e. The van der Waals surface area contributed by atoms with Crippen molar-refractivity contribution < 1.29 is 0 Å². The minimum absolute atomic E-state index is 0.310. The van der Waals surface area contributed by atoms with Crippen molar-refractivity contribution in [2.24, 2.45) is 0 Å². The minimum Gasteiger partial charge on any atom is -0.0843 e. The van der Waals surface area contributed by atoms with Crippen LogP contribution in [0.1, 0.15) is 36.5 Å². The summed E-state index contributed by atoms with van der Waals surface area (Å²) in [7, 11) is 0. The van der Waals surface area contributed by atoms with Crippen LogP contribution in [0, 0.1) is 0 Å². The van der Waals surface area contributed by atoms with Crippen LogP contribution in [0.2, 0.25) is 5.02 Å². The minimum atomic E-state index is 0.310. The van der Waals surface area contributed by atoms with Crippen LogP contribution in [0.15, 0.2) is 97.1 Å². The first-order valence-corrected chi connectivity index (χ1v) is 10.6. The molecule has 0 spiro atoms. The van der Waals surface area contributed by atoms with Gasteiger partial charge in [0.05, 0.1) is 0 Å². The molecule has 0 radical (unpaired) electrons. The molecule has 0 aromatic heterocycles. The van der Waals surface area contributed by atoms with E-state index in [0.717, 1.165) is 17.0 Å². The number of benzene rings is 4. The van der Waals surface area contributed by atoms with Gasteiger partial charge in [0.15, 0.2) is 0 Å². The smallest absolute Gasteiger partial charge is 0.0412 e. The average Bonchev–Trinajstić information content (AvgIpc) is 2.78. The predicted octanol–water partition coefficient (Wildman–Crippen LogP) is 8.39. The number of hydrogen-bond acceptors (Lipinski definition) is 0. The molecule has 1 atom stereocenters. The van der Waals surface area contributed by atoms with Gasteiger partial charge in [0, 0.05) is 10.9 Å². The molecule has 4 aromatic carbocycles. The van der Waals surface area contributed by atoms with Gasteiger partial charge in [-0.1, -0.05) is 110 Å². The van der Waals surface area contributed by atoms with Crippen LogP contribution in [0.4, 0.5) is 0 Å². The molecule has 0 saturated carbocycles. The highest BCUT2D eigenvalue weighted by Crippen LogP contribution is 2.40. The summed E-state index contributed by atoms with van der Waals surface area (Å²) in [4.78, 5) is 0. The Labute approximate surface area is 178 Å². The first-order valence-electron chi connectivity index (χ1n) is 10.2.